The highest BCUT2D eigenvalue weighted by atomic mass is 32.2. The summed E-state index contributed by atoms with van der Waals surface area (Å²) in [5.41, 5.74) is -0.595. The first-order valence-corrected chi connectivity index (χ1v) is 30.1. The fourth-order valence-corrected chi connectivity index (χ4v) is 15.7. The predicted molar refractivity (Wildman–Crippen MR) is 259 cm³/mol. The zero-order chi connectivity index (χ0) is 55.6. The van der Waals surface area contributed by atoms with Crippen molar-refractivity contribution in [2.45, 2.75) is 200 Å². The van der Waals surface area contributed by atoms with Crippen LogP contribution in [0, 0.1) is 52.3 Å². The molecular formula is C51H76O23S2. The van der Waals surface area contributed by atoms with Crippen LogP contribution >= 0.6 is 0 Å². The lowest BCUT2D eigenvalue weighted by atomic mass is 9.44. The van der Waals surface area contributed by atoms with Crippen LogP contribution in [-0.2, 0) is 109 Å². The van der Waals surface area contributed by atoms with Gasteiger partial charge in [-0.05, 0) is 85.4 Å². The van der Waals surface area contributed by atoms with Gasteiger partial charge in [-0.3, -0.25) is 37.1 Å². The van der Waals surface area contributed by atoms with Gasteiger partial charge >= 0.3 is 29.8 Å². The third-order valence-electron chi connectivity index (χ3n) is 17.8. The Balaban J connectivity index is 1.06. The zero-order valence-electron chi connectivity index (χ0n) is 45.2. The molecule has 3 unspecified atom stereocenters. The van der Waals surface area contributed by atoms with E-state index in [1.807, 2.05) is 0 Å². The number of hydrogen-bond donors (Lipinski definition) is 0. The molecule has 22 atom stereocenters. The van der Waals surface area contributed by atoms with Gasteiger partial charge in [-0.2, -0.15) is 16.8 Å². The van der Waals surface area contributed by atoms with Gasteiger partial charge in [0.15, 0.2) is 48.9 Å². The highest BCUT2D eigenvalue weighted by Gasteiger charge is 2.71. The van der Waals surface area contributed by atoms with Crippen LogP contribution in [0.5, 0.6) is 0 Å². The van der Waals surface area contributed by atoms with Crippen LogP contribution in [0.25, 0.3) is 0 Å². The maximum absolute atomic E-state index is 14.9. The van der Waals surface area contributed by atoms with Gasteiger partial charge in [0.05, 0.1) is 44.5 Å². The number of Topliss-reactive ketones (excluding diaryl/α,β-unsaturated/α-hetero) is 1. The quantitative estimate of drug-likeness (QED) is 0.0982. The summed E-state index contributed by atoms with van der Waals surface area (Å²) in [6, 6.07) is 0. The van der Waals surface area contributed by atoms with Crippen molar-refractivity contribution >= 4 is 55.9 Å². The summed E-state index contributed by atoms with van der Waals surface area (Å²) in [6.07, 6.45) is -9.87. The zero-order valence-corrected chi connectivity index (χ0v) is 46.8. The molecule has 0 aromatic rings. The number of ether oxygens (including phenoxy) is 11. The third kappa shape index (κ3) is 12.2. The molecule has 8 aliphatic rings. The molecule has 0 aromatic carbocycles. The van der Waals surface area contributed by atoms with E-state index in [4.69, 9.17) is 60.5 Å². The fourth-order valence-electron chi connectivity index (χ4n) is 14.9. The van der Waals surface area contributed by atoms with Gasteiger partial charge in [0.2, 0.25) is 0 Å². The Morgan fingerprint density at radius 3 is 1.66 bits per heavy atom. The Morgan fingerprint density at radius 1 is 0.618 bits per heavy atom. The molecule has 0 radical (unpaired) electrons. The minimum atomic E-state index is -4.24. The van der Waals surface area contributed by atoms with Crippen LogP contribution in [-0.4, -0.2) is 164 Å². The minimum absolute atomic E-state index is 0.0223. The average molecular weight is 1120 g/mol. The fraction of sp³-hybridized carbons (Fsp3) is 0.882. The molecule has 1 spiro atoms. The van der Waals surface area contributed by atoms with E-state index in [9.17, 15) is 45.6 Å². The topological polar surface area (TPSA) is 291 Å². The summed E-state index contributed by atoms with van der Waals surface area (Å²) >= 11 is 0. The second-order valence-corrected chi connectivity index (χ2v) is 26.5. The predicted octanol–water partition coefficient (Wildman–Crippen LogP) is 3.44. The lowest BCUT2D eigenvalue weighted by Gasteiger charge is -2.60. The van der Waals surface area contributed by atoms with Gasteiger partial charge in [0, 0.05) is 59.3 Å². The van der Waals surface area contributed by atoms with Gasteiger partial charge in [0.1, 0.15) is 24.1 Å². The van der Waals surface area contributed by atoms with E-state index in [1.165, 1.54) is 0 Å². The lowest BCUT2D eigenvalue weighted by Crippen LogP contribution is -2.67. The number of fused-ring (bicyclic) bond motifs is 7. The summed E-state index contributed by atoms with van der Waals surface area (Å²) < 4.78 is 127. The monoisotopic (exact) mass is 1120 g/mol. The molecule has 0 amide bonds. The normalized spacial score (nSPS) is 44.1. The molecule has 4 saturated heterocycles. The SMILES string of the molecule is CC(=O)O[C@@H]1[C@@H](OC(C)=O)[C@H](O[C@H]2[C@H](OC(C)=O)[C@@H](OC(C)=O)[C@H](O[C@H]3CC[C@@]4(C)[C@@H](CC[C@@H]5[C@@H]4C(=O)C[C@]4(C)C6C(C[C@@H]54)O[C@]4(CC[C@@H](C)CO4)C6C)C3)O[C@@H]2COS(C)(=O)=O)O[C@H](COS(C)(=O)=O)[C@H]1OC(C)=O. The number of rotatable bonds is 15. The number of hydrogen-bond acceptors (Lipinski definition) is 23. The van der Waals surface area contributed by atoms with Crippen molar-refractivity contribution in [3.63, 3.8) is 0 Å². The van der Waals surface area contributed by atoms with E-state index in [0.29, 0.717) is 44.1 Å². The molecule has 430 valence electrons. The molecule has 4 aliphatic carbocycles. The first kappa shape index (κ1) is 58.7. The van der Waals surface area contributed by atoms with Crippen molar-refractivity contribution in [2.75, 3.05) is 32.3 Å². The molecule has 23 nitrogen and oxygen atoms in total. The highest BCUT2D eigenvalue weighted by Crippen LogP contribution is 2.70. The van der Waals surface area contributed by atoms with E-state index in [1.54, 1.807) is 0 Å². The Bertz CT molecular complexity index is 2440. The molecule has 4 heterocycles. The molecule has 0 aromatic heterocycles. The van der Waals surface area contributed by atoms with E-state index < -0.39 is 137 Å². The van der Waals surface area contributed by atoms with Gasteiger partial charge in [-0.25, -0.2) is 0 Å². The molecule has 76 heavy (non-hydrogen) atoms. The highest BCUT2D eigenvalue weighted by molar-refractivity contribution is 7.86. The minimum Gasteiger partial charge on any atom is -0.456 e. The van der Waals surface area contributed by atoms with Crippen LogP contribution in [0.15, 0.2) is 0 Å². The van der Waals surface area contributed by atoms with Gasteiger partial charge < -0.3 is 52.1 Å². The van der Waals surface area contributed by atoms with Crippen molar-refractivity contribution in [3.05, 3.63) is 0 Å². The van der Waals surface area contributed by atoms with Crippen LogP contribution in [0.4, 0.5) is 0 Å². The number of ketones is 1. The van der Waals surface area contributed by atoms with E-state index >= 15 is 0 Å². The molecule has 0 bridgehead atoms. The van der Waals surface area contributed by atoms with Crippen molar-refractivity contribution in [2.24, 2.45) is 52.3 Å². The Morgan fingerprint density at radius 2 is 1.13 bits per heavy atom. The largest absolute Gasteiger partial charge is 0.456 e. The summed E-state index contributed by atoms with van der Waals surface area (Å²) in [7, 11) is -8.45. The summed E-state index contributed by atoms with van der Waals surface area (Å²) in [4.78, 5) is 78.7. The second-order valence-electron chi connectivity index (χ2n) is 23.2. The maximum Gasteiger partial charge on any atom is 0.303 e. The smallest absolute Gasteiger partial charge is 0.303 e. The first-order valence-electron chi connectivity index (χ1n) is 26.4. The van der Waals surface area contributed by atoms with Gasteiger partial charge in [-0.15, -0.1) is 0 Å². The summed E-state index contributed by atoms with van der Waals surface area (Å²) in [5, 5.41) is 0. The van der Waals surface area contributed by atoms with Crippen molar-refractivity contribution in [1.29, 1.82) is 0 Å². The van der Waals surface area contributed by atoms with Crippen molar-refractivity contribution in [3.8, 4) is 0 Å². The van der Waals surface area contributed by atoms with Crippen LogP contribution < -0.4 is 0 Å². The third-order valence-corrected chi connectivity index (χ3v) is 18.9. The Hall–Kier alpha value is -3.40. The van der Waals surface area contributed by atoms with E-state index in [0.717, 1.165) is 79.2 Å². The lowest BCUT2D eigenvalue weighted by molar-refractivity contribution is -0.364. The standard InChI is InChI=1S/C51H76O23S2/c1-24-14-17-51(62-21-24)25(2)39-36(74-51)19-34-33-13-12-31-18-32(15-16-49(31,8)40(33)35(57)20-50(34,39)9)70-47-45(68-29(6)55)44(67-28(5)54)42(38(71-47)23-64-76(11,60)61)73-48-46(69-30(7)56)43(66-27(4)53)41(65-26(3)52)37(72-48)22-63-75(10,58)59/h24-25,31-34,36-48H,12-23H2,1-11H3/t24-,25?,31+,32+,33+,34+,36?,37-,38-,39?,40-,41-,42-,43+,44+,45-,46-,47-,48+,49+,50+,51-/m1/s1. The summed E-state index contributed by atoms with van der Waals surface area (Å²) in [6.45, 7) is 13.1. The van der Waals surface area contributed by atoms with Crippen LogP contribution in [0.3, 0.4) is 0 Å². The van der Waals surface area contributed by atoms with E-state index in [-0.39, 0.29) is 52.3 Å². The van der Waals surface area contributed by atoms with Crippen molar-refractivity contribution in [1.82, 2.24) is 0 Å². The molecule has 4 aliphatic heterocycles. The molecular weight excluding hydrogens is 1040 g/mol. The Kier molecular flexibility index (Phi) is 17.2. The van der Waals surface area contributed by atoms with Gasteiger partial charge in [-0.1, -0.05) is 27.7 Å². The molecule has 4 saturated carbocycles. The maximum atomic E-state index is 14.9. The number of carbonyl (C=O) groups excluding carboxylic acids is 6. The molecule has 8 rings (SSSR count). The molecule has 25 heteroatoms. The summed E-state index contributed by atoms with van der Waals surface area (Å²) in [5.74, 6) is -3.87. The van der Waals surface area contributed by atoms with Crippen LogP contribution in [0.2, 0.25) is 0 Å². The van der Waals surface area contributed by atoms with Crippen LogP contribution in [0.1, 0.15) is 120 Å². The Labute approximate surface area is 444 Å². The molecule has 8 fully saturated rings. The molecule has 0 N–H and O–H groups in total. The number of esters is 5. The number of carbonyl (C=O) groups is 6. The van der Waals surface area contributed by atoms with Crippen molar-refractivity contribution < 1.29 is 106 Å². The average Bonchev–Trinajstić information content (AvgIpc) is 3.74. The van der Waals surface area contributed by atoms with Gasteiger partial charge in [0.25, 0.3) is 20.2 Å². The van der Waals surface area contributed by atoms with E-state index in [2.05, 4.69) is 27.7 Å². The first-order chi connectivity index (χ1) is 35.4. The second kappa shape index (κ2) is 22.3.